The van der Waals surface area contributed by atoms with E-state index in [1.807, 2.05) is 6.07 Å². The normalized spacial score (nSPS) is 26.7. The summed E-state index contributed by atoms with van der Waals surface area (Å²) in [5.74, 6) is 1.90. The first-order valence-electron chi connectivity index (χ1n) is 12.7. The predicted octanol–water partition coefficient (Wildman–Crippen LogP) is 8.73. The third kappa shape index (κ3) is 5.86. The fraction of sp³-hybridized carbons (Fsp3) is 0.571. The maximum absolute atomic E-state index is 14.8. The highest BCUT2D eigenvalue weighted by atomic mass is 28.3. The van der Waals surface area contributed by atoms with Crippen molar-refractivity contribution in [3.8, 4) is 11.1 Å². The number of hydrogen-bond donors (Lipinski definition) is 0. The van der Waals surface area contributed by atoms with Crippen LogP contribution in [0.1, 0.15) is 76.2 Å². The molecule has 1 aliphatic carbocycles. The van der Waals surface area contributed by atoms with Crippen LogP contribution in [0.4, 0.5) is 8.78 Å². The number of benzene rings is 2. The zero-order chi connectivity index (χ0) is 21.6. The molecule has 168 valence electrons. The highest BCUT2D eigenvalue weighted by Crippen LogP contribution is 2.44. The Morgan fingerprint density at radius 2 is 1.48 bits per heavy atom. The first-order chi connectivity index (χ1) is 15.1. The topological polar surface area (TPSA) is 0 Å². The van der Waals surface area contributed by atoms with Crippen molar-refractivity contribution < 1.29 is 8.78 Å². The largest absolute Gasteiger partial charge is 0.207 e. The van der Waals surface area contributed by atoms with Crippen LogP contribution in [0.5, 0.6) is 0 Å². The van der Waals surface area contributed by atoms with Crippen LogP contribution in [0.25, 0.3) is 11.1 Å². The lowest BCUT2D eigenvalue weighted by atomic mass is 9.72. The fourth-order valence-corrected chi connectivity index (χ4v) is 9.74. The minimum absolute atomic E-state index is 0.183. The van der Waals surface area contributed by atoms with Gasteiger partial charge in [0, 0.05) is 14.4 Å². The third-order valence-electron chi connectivity index (χ3n) is 8.17. The Labute approximate surface area is 189 Å². The van der Waals surface area contributed by atoms with Gasteiger partial charge in [0.25, 0.3) is 0 Å². The molecule has 2 aliphatic rings. The maximum atomic E-state index is 14.8. The van der Waals surface area contributed by atoms with E-state index in [2.05, 4.69) is 13.0 Å². The standard InChI is InChI=1S/C28H38F2Si/c1-2-3-4-17-31-18-15-23(16-19-31)21-5-7-22(8-6-21)25-11-14-27(28(30)20-25)24-9-12-26(29)13-10-24/h9-14,20-23,31H,2-8,15-19H2,1H3/t21-,22-,23?,31?. The Balaban J connectivity index is 1.28. The van der Waals surface area contributed by atoms with Crippen LogP contribution in [0.2, 0.25) is 18.1 Å². The van der Waals surface area contributed by atoms with E-state index >= 15 is 0 Å². The molecular formula is C28H38F2Si. The van der Waals surface area contributed by atoms with Crippen molar-refractivity contribution >= 4 is 8.80 Å². The van der Waals surface area contributed by atoms with E-state index in [0.717, 1.165) is 23.0 Å². The third-order valence-corrected chi connectivity index (χ3v) is 11.7. The van der Waals surface area contributed by atoms with Crippen molar-refractivity contribution in [1.82, 2.24) is 0 Å². The number of rotatable bonds is 7. The molecule has 0 amide bonds. The molecule has 0 N–H and O–H groups in total. The lowest BCUT2D eigenvalue weighted by Gasteiger charge is -2.37. The van der Waals surface area contributed by atoms with Crippen molar-refractivity contribution in [3.63, 3.8) is 0 Å². The van der Waals surface area contributed by atoms with Crippen molar-refractivity contribution in [3.05, 3.63) is 59.7 Å². The van der Waals surface area contributed by atoms with Crippen molar-refractivity contribution in [2.75, 3.05) is 0 Å². The van der Waals surface area contributed by atoms with E-state index in [9.17, 15) is 8.78 Å². The molecule has 0 spiro atoms. The summed E-state index contributed by atoms with van der Waals surface area (Å²) in [4.78, 5) is 0. The molecule has 1 saturated carbocycles. The fourth-order valence-electron chi connectivity index (χ4n) is 6.20. The van der Waals surface area contributed by atoms with Gasteiger partial charge in [0.05, 0.1) is 0 Å². The lowest BCUT2D eigenvalue weighted by Crippen LogP contribution is -2.28. The van der Waals surface area contributed by atoms with Gasteiger partial charge in [-0.05, 0) is 72.8 Å². The predicted molar refractivity (Wildman–Crippen MR) is 130 cm³/mol. The van der Waals surface area contributed by atoms with Gasteiger partial charge in [0.15, 0.2) is 0 Å². The van der Waals surface area contributed by atoms with E-state index in [-0.39, 0.29) is 11.6 Å². The van der Waals surface area contributed by atoms with Crippen LogP contribution >= 0.6 is 0 Å². The molecule has 0 atom stereocenters. The van der Waals surface area contributed by atoms with Crippen LogP contribution in [-0.2, 0) is 0 Å². The molecule has 0 radical (unpaired) electrons. The van der Waals surface area contributed by atoms with Crippen molar-refractivity contribution in [1.29, 1.82) is 0 Å². The summed E-state index contributed by atoms with van der Waals surface area (Å²) in [5, 5.41) is 0. The summed E-state index contributed by atoms with van der Waals surface area (Å²) >= 11 is 0. The average molecular weight is 441 g/mol. The van der Waals surface area contributed by atoms with Gasteiger partial charge >= 0.3 is 0 Å². The molecule has 3 heteroatoms. The smallest absolute Gasteiger partial charge is 0.131 e. The van der Waals surface area contributed by atoms with Crippen LogP contribution in [-0.4, -0.2) is 8.80 Å². The first-order valence-corrected chi connectivity index (χ1v) is 15.1. The molecular weight excluding hydrogens is 402 g/mol. The zero-order valence-corrected chi connectivity index (χ0v) is 20.2. The van der Waals surface area contributed by atoms with E-state index in [4.69, 9.17) is 0 Å². The molecule has 0 nitrogen and oxygen atoms in total. The summed E-state index contributed by atoms with van der Waals surface area (Å²) in [6, 6.07) is 16.6. The SMILES string of the molecule is CCCCC[SiH]1CCC([C@H]2CC[C@H](c3ccc(-c4ccc(F)cc4)c(F)c3)CC2)CC1. The number of unbranched alkanes of at least 4 members (excludes halogenated alkanes) is 2. The van der Waals surface area contributed by atoms with Gasteiger partial charge in [-0.25, -0.2) is 8.78 Å². The Morgan fingerprint density at radius 3 is 2.13 bits per heavy atom. The summed E-state index contributed by atoms with van der Waals surface area (Å²) in [5.41, 5.74) is 2.45. The summed E-state index contributed by atoms with van der Waals surface area (Å²) in [6.07, 6.45) is 12.3. The van der Waals surface area contributed by atoms with Crippen molar-refractivity contribution in [2.45, 2.75) is 88.8 Å². The first kappa shape index (κ1) is 22.7. The van der Waals surface area contributed by atoms with Crippen molar-refractivity contribution in [2.24, 2.45) is 11.8 Å². The molecule has 1 heterocycles. The average Bonchev–Trinajstić information content (AvgIpc) is 2.81. The highest BCUT2D eigenvalue weighted by Gasteiger charge is 2.31. The van der Waals surface area contributed by atoms with Crippen LogP contribution < -0.4 is 0 Å². The molecule has 0 unspecified atom stereocenters. The highest BCUT2D eigenvalue weighted by molar-refractivity contribution is 6.58. The maximum Gasteiger partial charge on any atom is 0.131 e. The minimum atomic E-state index is -0.414. The molecule has 1 aliphatic heterocycles. The molecule has 2 fully saturated rings. The Bertz CT molecular complexity index is 815. The Morgan fingerprint density at radius 1 is 0.806 bits per heavy atom. The van der Waals surface area contributed by atoms with E-state index in [1.54, 1.807) is 36.3 Å². The van der Waals surface area contributed by atoms with E-state index < -0.39 is 8.80 Å². The molecule has 31 heavy (non-hydrogen) atoms. The number of halogens is 2. The second-order valence-electron chi connectivity index (χ2n) is 10.1. The van der Waals surface area contributed by atoms with Crippen LogP contribution in [0.3, 0.4) is 0 Å². The molecule has 1 saturated heterocycles. The second kappa shape index (κ2) is 10.9. The van der Waals surface area contributed by atoms with Gasteiger partial charge in [0.1, 0.15) is 11.6 Å². The lowest BCUT2D eigenvalue weighted by molar-refractivity contribution is 0.216. The van der Waals surface area contributed by atoms with Gasteiger partial charge in [-0.2, -0.15) is 0 Å². The molecule has 0 aromatic heterocycles. The second-order valence-corrected chi connectivity index (χ2v) is 13.6. The van der Waals surface area contributed by atoms with Gasteiger partial charge in [0.2, 0.25) is 0 Å². The molecule has 0 bridgehead atoms. The van der Waals surface area contributed by atoms with E-state index in [0.29, 0.717) is 11.5 Å². The van der Waals surface area contributed by atoms with Crippen LogP contribution in [0.15, 0.2) is 42.5 Å². The van der Waals surface area contributed by atoms with Crippen LogP contribution in [0, 0.1) is 23.5 Å². The van der Waals surface area contributed by atoms with Gasteiger partial charge in [-0.3, -0.25) is 0 Å². The van der Waals surface area contributed by atoms with Gasteiger partial charge in [-0.1, -0.05) is 81.4 Å². The number of hydrogen-bond acceptors (Lipinski definition) is 0. The minimum Gasteiger partial charge on any atom is -0.207 e. The van der Waals surface area contributed by atoms with Gasteiger partial charge < -0.3 is 0 Å². The monoisotopic (exact) mass is 440 g/mol. The molecule has 2 aromatic carbocycles. The summed E-state index contributed by atoms with van der Waals surface area (Å²) in [6.45, 7) is 2.31. The van der Waals surface area contributed by atoms with E-state index in [1.165, 1.54) is 69.9 Å². The molecule has 4 rings (SSSR count). The van der Waals surface area contributed by atoms with Gasteiger partial charge in [-0.15, -0.1) is 0 Å². The summed E-state index contributed by atoms with van der Waals surface area (Å²) < 4.78 is 28.0. The summed E-state index contributed by atoms with van der Waals surface area (Å²) in [7, 11) is -0.414. The molecule has 2 aromatic rings. The quantitative estimate of drug-likeness (QED) is 0.298. The Hall–Kier alpha value is -1.48. The Kier molecular flexibility index (Phi) is 7.98. The zero-order valence-electron chi connectivity index (χ0n) is 19.1.